The Kier molecular flexibility index (Phi) is 8.60. The second-order valence-corrected chi connectivity index (χ2v) is 6.75. The summed E-state index contributed by atoms with van der Waals surface area (Å²) in [5.74, 6) is 0.823. The number of nitrogens with zero attached hydrogens (tertiary/aromatic N) is 1. The summed E-state index contributed by atoms with van der Waals surface area (Å²) in [6.07, 6.45) is 0. The van der Waals surface area contributed by atoms with Crippen molar-refractivity contribution in [2.75, 3.05) is 39.5 Å². The minimum absolute atomic E-state index is 0.315. The Morgan fingerprint density at radius 1 is 0.452 bits per heavy atom. The molecule has 0 spiro atoms. The number of hydrogen-bond acceptors (Lipinski definition) is 4. The average molecular weight is 431 g/mol. The Hall–Kier alpha value is -3.19. The maximum absolute atomic E-state index is 13.0. The molecule has 164 valence electrons. The molecule has 3 aromatic carbocycles. The predicted molar refractivity (Wildman–Crippen MR) is 112 cm³/mol. The van der Waals surface area contributed by atoms with Crippen LogP contribution in [-0.2, 0) is 0 Å². The molecule has 0 heterocycles. The number of ether oxygens (including phenoxy) is 3. The molecule has 0 aliphatic heterocycles. The number of halogens is 3. The standard InChI is InChI=1S/C24H24F3NO3/c25-19-1-7-22(8-2-19)29-16-13-28(14-17-30-23-9-3-20(26)4-10-23)15-18-31-24-11-5-21(27)6-12-24/h1-12H,13-18H2. The lowest BCUT2D eigenvalue weighted by Crippen LogP contribution is -2.35. The molecular formula is C24H24F3NO3. The Bertz CT molecular complexity index is 780. The highest BCUT2D eigenvalue weighted by Gasteiger charge is 2.07. The van der Waals surface area contributed by atoms with Gasteiger partial charge in [-0.3, -0.25) is 4.90 Å². The van der Waals surface area contributed by atoms with E-state index in [1.807, 2.05) is 0 Å². The van der Waals surface area contributed by atoms with Gasteiger partial charge in [0.25, 0.3) is 0 Å². The Morgan fingerprint density at radius 2 is 0.710 bits per heavy atom. The molecule has 7 heteroatoms. The van der Waals surface area contributed by atoms with E-state index in [1.54, 1.807) is 36.4 Å². The zero-order valence-electron chi connectivity index (χ0n) is 17.0. The largest absolute Gasteiger partial charge is 0.492 e. The van der Waals surface area contributed by atoms with Gasteiger partial charge in [0.1, 0.15) is 54.5 Å². The number of rotatable bonds is 12. The molecule has 4 nitrogen and oxygen atoms in total. The second kappa shape index (κ2) is 11.9. The first-order valence-corrected chi connectivity index (χ1v) is 9.96. The van der Waals surface area contributed by atoms with Crippen molar-refractivity contribution in [2.24, 2.45) is 0 Å². The smallest absolute Gasteiger partial charge is 0.123 e. The van der Waals surface area contributed by atoms with Crippen molar-refractivity contribution in [3.63, 3.8) is 0 Å². The normalized spacial score (nSPS) is 10.8. The molecule has 0 saturated heterocycles. The molecule has 0 bridgehead atoms. The van der Waals surface area contributed by atoms with Crippen molar-refractivity contribution in [1.82, 2.24) is 4.90 Å². The fourth-order valence-corrected chi connectivity index (χ4v) is 2.81. The van der Waals surface area contributed by atoms with E-state index in [2.05, 4.69) is 4.90 Å². The topological polar surface area (TPSA) is 30.9 Å². The summed E-state index contributed by atoms with van der Waals surface area (Å²) in [6.45, 7) is 2.99. The van der Waals surface area contributed by atoms with E-state index in [0.717, 1.165) is 0 Å². The van der Waals surface area contributed by atoms with Gasteiger partial charge < -0.3 is 14.2 Å². The van der Waals surface area contributed by atoms with E-state index in [-0.39, 0.29) is 17.5 Å². The molecule has 0 atom stereocenters. The van der Waals surface area contributed by atoms with Crippen molar-refractivity contribution >= 4 is 0 Å². The highest BCUT2D eigenvalue weighted by molar-refractivity contribution is 5.23. The van der Waals surface area contributed by atoms with Crippen molar-refractivity contribution in [3.05, 3.63) is 90.2 Å². The van der Waals surface area contributed by atoms with Crippen LogP contribution in [0, 0.1) is 17.5 Å². The third-order valence-electron chi connectivity index (χ3n) is 4.47. The lowest BCUT2D eigenvalue weighted by Gasteiger charge is -2.22. The van der Waals surface area contributed by atoms with E-state index in [0.29, 0.717) is 56.7 Å². The third-order valence-corrected chi connectivity index (χ3v) is 4.47. The van der Waals surface area contributed by atoms with Gasteiger partial charge in [0, 0.05) is 19.6 Å². The van der Waals surface area contributed by atoms with Gasteiger partial charge in [-0.15, -0.1) is 0 Å². The summed E-state index contributed by atoms with van der Waals surface area (Å²) >= 11 is 0. The van der Waals surface area contributed by atoms with Crippen LogP contribution in [0.2, 0.25) is 0 Å². The molecule has 0 aliphatic carbocycles. The number of hydrogen-bond donors (Lipinski definition) is 0. The van der Waals surface area contributed by atoms with Crippen LogP contribution < -0.4 is 14.2 Å². The number of benzene rings is 3. The highest BCUT2D eigenvalue weighted by atomic mass is 19.1. The quantitative estimate of drug-likeness (QED) is 0.406. The van der Waals surface area contributed by atoms with Crippen molar-refractivity contribution < 1.29 is 27.4 Å². The lowest BCUT2D eigenvalue weighted by molar-refractivity contribution is 0.153. The molecule has 3 aromatic rings. The summed E-state index contributed by atoms with van der Waals surface area (Å²) in [6, 6.07) is 17.6. The van der Waals surface area contributed by atoms with E-state index < -0.39 is 0 Å². The maximum Gasteiger partial charge on any atom is 0.123 e. The Balaban J connectivity index is 1.47. The van der Waals surface area contributed by atoms with Crippen LogP contribution in [0.25, 0.3) is 0 Å². The van der Waals surface area contributed by atoms with Gasteiger partial charge in [0.2, 0.25) is 0 Å². The van der Waals surface area contributed by atoms with Crippen molar-refractivity contribution in [3.8, 4) is 17.2 Å². The van der Waals surface area contributed by atoms with Gasteiger partial charge in [-0.25, -0.2) is 13.2 Å². The van der Waals surface area contributed by atoms with Crippen LogP contribution in [0.4, 0.5) is 13.2 Å². The van der Waals surface area contributed by atoms with Gasteiger partial charge in [-0.2, -0.15) is 0 Å². The van der Waals surface area contributed by atoms with Crippen LogP contribution in [0.3, 0.4) is 0 Å². The van der Waals surface area contributed by atoms with Crippen molar-refractivity contribution in [1.29, 1.82) is 0 Å². The summed E-state index contributed by atoms with van der Waals surface area (Å²) in [4.78, 5) is 2.09. The van der Waals surface area contributed by atoms with Gasteiger partial charge in [-0.1, -0.05) is 0 Å². The Morgan fingerprint density at radius 3 is 0.968 bits per heavy atom. The highest BCUT2D eigenvalue weighted by Crippen LogP contribution is 2.13. The van der Waals surface area contributed by atoms with Gasteiger partial charge in [0.05, 0.1) is 0 Å². The molecular weight excluding hydrogens is 407 g/mol. The molecule has 0 aliphatic rings. The fraction of sp³-hybridized carbons (Fsp3) is 0.250. The summed E-state index contributed by atoms with van der Waals surface area (Å²) < 4.78 is 56.0. The van der Waals surface area contributed by atoms with E-state index in [4.69, 9.17) is 14.2 Å². The van der Waals surface area contributed by atoms with E-state index in [9.17, 15) is 13.2 Å². The Labute approximate surface area is 179 Å². The zero-order valence-corrected chi connectivity index (χ0v) is 17.0. The van der Waals surface area contributed by atoms with Crippen LogP contribution >= 0.6 is 0 Å². The predicted octanol–water partition coefficient (Wildman–Crippen LogP) is 4.94. The first-order valence-electron chi connectivity index (χ1n) is 9.96. The van der Waals surface area contributed by atoms with Gasteiger partial charge in [0.15, 0.2) is 0 Å². The first-order chi connectivity index (χ1) is 15.1. The van der Waals surface area contributed by atoms with Crippen LogP contribution in [-0.4, -0.2) is 44.4 Å². The lowest BCUT2D eigenvalue weighted by atomic mass is 10.3. The minimum atomic E-state index is -0.315. The SMILES string of the molecule is Fc1ccc(OCCN(CCOc2ccc(F)cc2)CCOc2ccc(F)cc2)cc1. The molecule has 0 N–H and O–H groups in total. The summed E-state index contributed by atoms with van der Waals surface area (Å²) in [5.41, 5.74) is 0. The molecule has 0 fully saturated rings. The van der Waals surface area contributed by atoms with E-state index >= 15 is 0 Å². The van der Waals surface area contributed by atoms with Crippen LogP contribution in [0.1, 0.15) is 0 Å². The second-order valence-electron chi connectivity index (χ2n) is 6.75. The van der Waals surface area contributed by atoms with Crippen LogP contribution in [0.5, 0.6) is 17.2 Å². The zero-order chi connectivity index (χ0) is 21.9. The molecule has 0 radical (unpaired) electrons. The molecule has 0 aromatic heterocycles. The van der Waals surface area contributed by atoms with E-state index in [1.165, 1.54) is 36.4 Å². The summed E-state index contributed by atoms with van der Waals surface area (Å²) in [7, 11) is 0. The maximum atomic E-state index is 13.0. The molecule has 31 heavy (non-hydrogen) atoms. The van der Waals surface area contributed by atoms with Gasteiger partial charge >= 0.3 is 0 Å². The molecule has 0 unspecified atom stereocenters. The van der Waals surface area contributed by atoms with Crippen molar-refractivity contribution in [2.45, 2.75) is 0 Å². The molecule has 0 saturated carbocycles. The fourth-order valence-electron chi connectivity index (χ4n) is 2.81. The average Bonchev–Trinajstić information content (AvgIpc) is 2.77. The minimum Gasteiger partial charge on any atom is -0.492 e. The third kappa shape index (κ3) is 8.22. The van der Waals surface area contributed by atoms with Crippen LogP contribution in [0.15, 0.2) is 72.8 Å². The molecule has 3 rings (SSSR count). The summed E-state index contributed by atoms with van der Waals surface area (Å²) in [5, 5.41) is 0. The monoisotopic (exact) mass is 431 g/mol. The van der Waals surface area contributed by atoms with Gasteiger partial charge in [-0.05, 0) is 72.8 Å². The molecule has 0 amide bonds. The first kappa shape index (κ1) is 22.5.